The Kier molecular flexibility index (Phi) is 3.54. The van der Waals surface area contributed by atoms with Crippen LogP contribution >= 0.6 is 0 Å². The molecule has 3 nitrogen and oxygen atoms in total. The van der Waals surface area contributed by atoms with Gasteiger partial charge >= 0.3 is 5.97 Å². The van der Waals surface area contributed by atoms with Crippen molar-refractivity contribution in [2.75, 3.05) is 6.61 Å². The maximum absolute atomic E-state index is 10.7. The van der Waals surface area contributed by atoms with Gasteiger partial charge in [-0.15, -0.1) is 0 Å². The Morgan fingerprint density at radius 2 is 2.64 bits per heavy atom. The van der Waals surface area contributed by atoms with Crippen LogP contribution in [0.2, 0.25) is 6.04 Å². The van der Waals surface area contributed by atoms with Crippen LogP contribution in [0.15, 0.2) is 12.7 Å². The number of carbonyl (C=O) groups excluding carboxylic acids is 1. The molecule has 11 heavy (non-hydrogen) atoms. The maximum atomic E-state index is 10.7. The molecule has 5 heteroatoms. The van der Waals surface area contributed by atoms with Crippen LogP contribution in [-0.2, 0) is 13.6 Å². The number of hydrogen-bond acceptors (Lipinski definition) is 3. The van der Waals surface area contributed by atoms with Gasteiger partial charge < -0.3 is 8.85 Å². The van der Waals surface area contributed by atoms with E-state index >= 15 is 0 Å². The standard InChI is InChI=1S/C6H12O3Si2/c1-2-6(7)9-11-5-3-4-8-10-11/h2,11H,1,3-5,10H2. The third kappa shape index (κ3) is 3.00. The predicted octanol–water partition coefficient (Wildman–Crippen LogP) is -0.560. The molecule has 1 atom stereocenters. The van der Waals surface area contributed by atoms with Crippen LogP contribution in [0.3, 0.4) is 0 Å². The molecular weight excluding hydrogens is 176 g/mol. The zero-order valence-corrected chi connectivity index (χ0v) is 8.98. The number of carbonyl (C=O) groups is 1. The summed E-state index contributed by atoms with van der Waals surface area (Å²) >= 11 is 0. The third-order valence-corrected chi connectivity index (χ3v) is 7.63. The summed E-state index contributed by atoms with van der Waals surface area (Å²) in [6.45, 7) is 4.22. The summed E-state index contributed by atoms with van der Waals surface area (Å²) in [4.78, 5) is 10.7. The van der Waals surface area contributed by atoms with E-state index in [2.05, 4.69) is 6.58 Å². The zero-order chi connectivity index (χ0) is 8.10. The molecule has 1 rings (SSSR count). The smallest absolute Gasteiger partial charge is 0.316 e. The minimum absolute atomic E-state index is 0.264. The van der Waals surface area contributed by atoms with Gasteiger partial charge in [-0.25, -0.2) is 4.79 Å². The highest BCUT2D eigenvalue weighted by Gasteiger charge is 2.20. The van der Waals surface area contributed by atoms with Crippen molar-refractivity contribution in [1.82, 2.24) is 0 Å². The highest BCUT2D eigenvalue weighted by atomic mass is 29.2. The van der Waals surface area contributed by atoms with Gasteiger partial charge in [0, 0.05) is 12.7 Å². The van der Waals surface area contributed by atoms with Gasteiger partial charge in [0.15, 0.2) is 9.28 Å². The topological polar surface area (TPSA) is 35.5 Å². The quantitative estimate of drug-likeness (QED) is 0.430. The Hall–Kier alpha value is -0.396. The molecule has 1 aliphatic heterocycles. The second kappa shape index (κ2) is 4.48. The first-order valence-corrected chi connectivity index (χ1v) is 8.87. The van der Waals surface area contributed by atoms with E-state index in [0.29, 0.717) is 0 Å². The Bertz CT molecular complexity index is 154. The van der Waals surface area contributed by atoms with Crippen molar-refractivity contribution in [3.63, 3.8) is 0 Å². The fraction of sp³-hybridized carbons (Fsp3) is 0.500. The van der Waals surface area contributed by atoms with Crippen LogP contribution in [0.5, 0.6) is 0 Å². The van der Waals surface area contributed by atoms with E-state index in [0.717, 1.165) is 19.1 Å². The van der Waals surface area contributed by atoms with Gasteiger partial charge in [0.25, 0.3) is 0 Å². The second-order valence-electron chi connectivity index (χ2n) is 2.48. The molecule has 0 bridgehead atoms. The van der Waals surface area contributed by atoms with Crippen molar-refractivity contribution in [2.24, 2.45) is 0 Å². The molecule has 0 aliphatic carbocycles. The minimum Gasteiger partial charge on any atom is -0.520 e. The fourth-order valence-electron chi connectivity index (χ4n) is 1.02. The van der Waals surface area contributed by atoms with Gasteiger partial charge in [-0.1, -0.05) is 6.58 Å². The highest BCUT2D eigenvalue weighted by molar-refractivity contribution is 7.07. The summed E-state index contributed by atoms with van der Waals surface area (Å²) in [5.41, 5.74) is 0. The number of hydrogen-bond donors (Lipinski definition) is 0. The molecule has 1 fully saturated rings. The Morgan fingerprint density at radius 3 is 3.18 bits per heavy atom. The Balaban J connectivity index is 2.24. The Labute approximate surface area is 69.8 Å². The average molecular weight is 188 g/mol. The monoisotopic (exact) mass is 188 g/mol. The molecule has 0 aromatic rings. The van der Waals surface area contributed by atoms with Gasteiger partial charge in [-0.2, -0.15) is 0 Å². The Morgan fingerprint density at radius 1 is 1.82 bits per heavy atom. The lowest BCUT2D eigenvalue weighted by Gasteiger charge is -2.19. The molecule has 0 N–H and O–H groups in total. The molecule has 62 valence electrons. The first-order valence-electron chi connectivity index (χ1n) is 3.73. The summed E-state index contributed by atoms with van der Waals surface area (Å²) < 4.78 is 10.5. The van der Waals surface area contributed by atoms with E-state index in [1.807, 2.05) is 0 Å². The van der Waals surface area contributed by atoms with E-state index in [9.17, 15) is 4.79 Å². The molecule has 0 spiro atoms. The lowest BCUT2D eigenvalue weighted by atomic mass is 10.5. The lowest BCUT2D eigenvalue weighted by Crippen LogP contribution is -2.34. The van der Waals surface area contributed by atoms with Crippen molar-refractivity contribution in [3.05, 3.63) is 12.7 Å². The van der Waals surface area contributed by atoms with Crippen LogP contribution in [0.25, 0.3) is 0 Å². The summed E-state index contributed by atoms with van der Waals surface area (Å²) in [7, 11) is -1.69. The molecule has 0 saturated carbocycles. The van der Waals surface area contributed by atoms with Crippen LogP contribution in [0, 0.1) is 0 Å². The van der Waals surface area contributed by atoms with Crippen LogP contribution in [0.1, 0.15) is 6.42 Å². The van der Waals surface area contributed by atoms with Crippen molar-refractivity contribution >= 4 is 23.8 Å². The molecular formula is C6H12O3Si2. The summed E-state index contributed by atoms with van der Waals surface area (Å²) in [6.07, 6.45) is 2.30. The zero-order valence-electron chi connectivity index (χ0n) is 6.41. The highest BCUT2D eigenvalue weighted by Crippen LogP contribution is 2.05. The van der Waals surface area contributed by atoms with Crippen molar-refractivity contribution in [3.8, 4) is 0 Å². The van der Waals surface area contributed by atoms with Crippen LogP contribution in [-0.4, -0.2) is 30.4 Å². The first-order chi connectivity index (χ1) is 5.33. The van der Waals surface area contributed by atoms with E-state index in [-0.39, 0.29) is 5.97 Å². The molecule has 0 aromatic heterocycles. The molecule has 0 amide bonds. The van der Waals surface area contributed by atoms with E-state index in [4.69, 9.17) is 8.85 Å². The normalized spacial score (nSPS) is 26.4. The number of rotatable bonds is 2. The average Bonchev–Trinajstić information content (AvgIpc) is 2.06. The minimum atomic E-state index is -1.21. The maximum Gasteiger partial charge on any atom is 0.316 e. The SMILES string of the molecule is C=CC(=O)O[SiH]1CCCO[SiH2]1. The molecule has 1 heterocycles. The fourth-order valence-corrected chi connectivity index (χ4v) is 6.40. The summed E-state index contributed by atoms with van der Waals surface area (Å²) in [5, 5.41) is 0. The third-order valence-electron chi connectivity index (χ3n) is 1.57. The molecule has 1 unspecified atom stereocenters. The van der Waals surface area contributed by atoms with Crippen molar-refractivity contribution in [2.45, 2.75) is 12.5 Å². The van der Waals surface area contributed by atoms with E-state index < -0.39 is 17.8 Å². The predicted molar refractivity (Wildman–Crippen MR) is 47.4 cm³/mol. The lowest BCUT2D eigenvalue weighted by molar-refractivity contribution is -0.129. The molecule has 0 radical (unpaired) electrons. The molecule has 1 aliphatic rings. The summed E-state index contributed by atoms with van der Waals surface area (Å²) in [6, 6.07) is 1.10. The second-order valence-corrected chi connectivity index (χ2v) is 9.01. The van der Waals surface area contributed by atoms with Gasteiger partial charge in [0.1, 0.15) is 0 Å². The van der Waals surface area contributed by atoms with Crippen LogP contribution < -0.4 is 0 Å². The summed E-state index contributed by atoms with van der Waals surface area (Å²) in [5.74, 6) is -0.264. The largest absolute Gasteiger partial charge is 0.520 e. The molecule has 1 saturated heterocycles. The van der Waals surface area contributed by atoms with Gasteiger partial charge in [0.2, 0.25) is 8.56 Å². The van der Waals surface area contributed by atoms with Gasteiger partial charge in [0.05, 0.1) is 0 Å². The molecule has 0 aromatic carbocycles. The van der Waals surface area contributed by atoms with Gasteiger partial charge in [-0.3, -0.25) is 0 Å². The van der Waals surface area contributed by atoms with Crippen LogP contribution in [0.4, 0.5) is 0 Å². The van der Waals surface area contributed by atoms with Crippen molar-refractivity contribution in [1.29, 1.82) is 0 Å². The van der Waals surface area contributed by atoms with Gasteiger partial charge in [-0.05, 0) is 12.5 Å². The first kappa shape index (κ1) is 8.70. The van der Waals surface area contributed by atoms with Crippen molar-refractivity contribution < 1.29 is 13.6 Å². The van der Waals surface area contributed by atoms with E-state index in [1.54, 1.807) is 0 Å². The van der Waals surface area contributed by atoms with E-state index in [1.165, 1.54) is 6.08 Å².